The van der Waals surface area contributed by atoms with Crippen LogP contribution in [0.1, 0.15) is 35.2 Å². The van der Waals surface area contributed by atoms with Gasteiger partial charge in [-0.15, -0.1) is 0 Å². The molecule has 3 heteroatoms. The number of piperidine rings is 1. The van der Waals surface area contributed by atoms with E-state index in [4.69, 9.17) is 4.74 Å². The lowest BCUT2D eigenvalue weighted by atomic mass is 10.1. The van der Waals surface area contributed by atoms with Crippen molar-refractivity contribution in [1.29, 1.82) is 0 Å². The monoisotopic (exact) mass is 295 g/mol. The average Bonchev–Trinajstić information content (AvgIpc) is 2.61. The maximum atomic E-state index is 12.5. The zero-order valence-electron chi connectivity index (χ0n) is 12.7. The number of benzene rings is 2. The molecule has 114 valence electrons. The van der Waals surface area contributed by atoms with E-state index in [0.717, 1.165) is 37.2 Å². The molecule has 0 bridgehead atoms. The Labute approximate surface area is 131 Å². The van der Waals surface area contributed by atoms with Crippen molar-refractivity contribution < 1.29 is 9.53 Å². The number of rotatable bonds is 4. The molecule has 0 saturated carbocycles. The molecule has 0 aromatic heterocycles. The number of carbonyl (C=O) groups is 1. The van der Waals surface area contributed by atoms with E-state index in [0.29, 0.717) is 12.2 Å². The number of hydrogen-bond acceptors (Lipinski definition) is 2. The summed E-state index contributed by atoms with van der Waals surface area (Å²) >= 11 is 0. The molecule has 3 nitrogen and oxygen atoms in total. The number of hydrogen-bond donors (Lipinski definition) is 0. The fourth-order valence-electron chi connectivity index (χ4n) is 2.74. The molecule has 0 spiro atoms. The van der Waals surface area contributed by atoms with Crippen molar-refractivity contribution >= 4 is 5.91 Å². The summed E-state index contributed by atoms with van der Waals surface area (Å²) in [7, 11) is 0. The number of carbonyl (C=O) groups excluding carboxylic acids is 1. The molecule has 2 aromatic carbocycles. The smallest absolute Gasteiger partial charge is 0.253 e. The van der Waals surface area contributed by atoms with Crippen LogP contribution >= 0.6 is 0 Å². The number of nitrogens with zero attached hydrogens (tertiary/aromatic N) is 1. The minimum absolute atomic E-state index is 0.116. The minimum atomic E-state index is 0.116. The van der Waals surface area contributed by atoms with Gasteiger partial charge in [-0.3, -0.25) is 4.79 Å². The first-order valence-electron chi connectivity index (χ1n) is 7.89. The third-order valence-corrected chi connectivity index (χ3v) is 3.97. The lowest BCUT2D eigenvalue weighted by molar-refractivity contribution is 0.0724. The molecular formula is C19H21NO2. The molecule has 1 fully saturated rings. The second-order valence-electron chi connectivity index (χ2n) is 5.65. The largest absolute Gasteiger partial charge is 0.489 e. The molecule has 22 heavy (non-hydrogen) atoms. The molecule has 0 N–H and O–H groups in total. The van der Waals surface area contributed by atoms with E-state index in [1.807, 2.05) is 59.5 Å². The Kier molecular flexibility index (Phi) is 4.74. The van der Waals surface area contributed by atoms with Gasteiger partial charge in [0, 0.05) is 18.7 Å². The zero-order valence-corrected chi connectivity index (χ0v) is 12.7. The van der Waals surface area contributed by atoms with E-state index < -0.39 is 0 Å². The van der Waals surface area contributed by atoms with Gasteiger partial charge in [0.05, 0.1) is 0 Å². The van der Waals surface area contributed by atoms with E-state index in [9.17, 15) is 4.79 Å². The summed E-state index contributed by atoms with van der Waals surface area (Å²) in [4.78, 5) is 14.4. The first-order valence-corrected chi connectivity index (χ1v) is 7.89. The summed E-state index contributed by atoms with van der Waals surface area (Å²) < 4.78 is 5.80. The quantitative estimate of drug-likeness (QED) is 0.856. The lowest BCUT2D eigenvalue weighted by Crippen LogP contribution is -2.35. The highest BCUT2D eigenvalue weighted by molar-refractivity contribution is 5.94. The van der Waals surface area contributed by atoms with E-state index in [2.05, 4.69) is 0 Å². The van der Waals surface area contributed by atoms with Crippen molar-refractivity contribution in [2.24, 2.45) is 0 Å². The summed E-state index contributed by atoms with van der Waals surface area (Å²) in [6, 6.07) is 17.5. The minimum Gasteiger partial charge on any atom is -0.489 e. The molecule has 1 amide bonds. The van der Waals surface area contributed by atoms with E-state index in [-0.39, 0.29) is 5.91 Å². The average molecular weight is 295 g/mol. The van der Waals surface area contributed by atoms with E-state index in [1.165, 1.54) is 6.42 Å². The van der Waals surface area contributed by atoms with Gasteiger partial charge in [0.15, 0.2) is 0 Å². The Bertz CT molecular complexity index is 618. The fourth-order valence-corrected chi connectivity index (χ4v) is 2.74. The Hall–Kier alpha value is -2.29. The van der Waals surface area contributed by atoms with Crippen LogP contribution in [0.5, 0.6) is 5.75 Å². The normalized spacial score (nSPS) is 14.6. The highest BCUT2D eigenvalue weighted by Gasteiger charge is 2.18. The van der Waals surface area contributed by atoms with E-state index >= 15 is 0 Å². The molecule has 2 aromatic rings. The van der Waals surface area contributed by atoms with Crippen LogP contribution in [-0.4, -0.2) is 23.9 Å². The van der Waals surface area contributed by atoms with Crippen molar-refractivity contribution in [3.63, 3.8) is 0 Å². The Balaban J connectivity index is 1.65. The van der Waals surface area contributed by atoms with Crippen LogP contribution in [0.2, 0.25) is 0 Å². The first kappa shape index (κ1) is 14.6. The third kappa shape index (κ3) is 3.67. The Morgan fingerprint density at radius 3 is 2.50 bits per heavy atom. The van der Waals surface area contributed by atoms with Gasteiger partial charge in [0.25, 0.3) is 5.91 Å². The molecule has 0 atom stereocenters. The zero-order chi connectivity index (χ0) is 15.2. The molecule has 1 aliphatic heterocycles. The van der Waals surface area contributed by atoms with Gasteiger partial charge in [-0.2, -0.15) is 0 Å². The van der Waals surface area contributed by atoms with Crippen LogP contribution in [0.4, 0.5) is 0 Å². The van der Waals surface area contributed by atoms with Gasteiger partial charge >= 0.3 is 0 Å². The lowest BCUT2D eigenvalue weighted by Gasteiger charge is -2.26. The van der Waals surface area contributed by atoms with Gasteiger partial charge in [0.1, 0.15) is 12.4 Å². The van der Waals surface area contributed by atoms with Crippen LogP contribution in [0.15, 0.2) is 54.6 Å². The molecule has 3 rings (SSSR count). The predicted molar refractivity (Wildman–Crippen MR) is 87.0 cm³/mol. The number of amides is 1. The standard InChI is InChI=1S/C19H21NO2/c21-19(20-12-5-2-6-13-20)17-10-7-11-18(14-17)22-15-16-8-3-1-4-9-16/h1,3-4,7-11,14H,2,5-6,12-13,15H2. The second-order valence-corrected chi connectivity index (χ2v) is 5.65. The van der Waals surface area contributed by atoms with Crippen LogP contribution in [-0.2, 0) is 6.61 Å². The Morgan fingerprint density at radius 1 is 0.955 bits per heavy atom. The summed E-state index contributed by atoms with van der Waals surface area (Å²) in [6.45, 7) is 2.25. The van der Waals surface area contributed by atoms with Crippen molar-refractivity contribution in [3.05, 3.63) is 65.7 Å². The molecule has 0 unspecified atom stereocenters. The van der Waals surface area contributed by atoms with Gasteiger partial charge in [0.2, 0.25) is 0 Å². The van der Waals surface area contributed by atoms with Gasteiger partial charge < -0.3 is 9.64 Å². The molecule has 1 heterocycles. The van der Waals surface area contributed by atoms with Crippen molar-refractivity contribution in [2.45, 2.75) is 25.9 Å². The van der Waals surface area contributed by atoms with E-state index in [1.54, 1.807) is 0 Å². The SMILES string of the molecule is O=C(c1cccc(OCc2ccccc2)c1)N1CCCCC1. The first-order chi connectivity index (χ1) is 10.8. The summed E-state index contributed by atoms with van der Waals surface area (Å²) in [5, 5.41) is 0. The maximum absolute atomic E-state index is 12.5. The van der Waals surface area contributed by atoms with Crippen LogP contribution < -0.4 is 4.74 Å². The molecule has 1 aliphatic rings. The van der Waals surface area contributed by atoms with Crippen LogP contribution in [0.3, 0.4) is 0 Å². The third-order valence-electron chi connectivity index (χ3n) is 3.97. The number of likely N-dealkylation sites (tertiary alicyclic amines) is 1. The fraction of sp³-hybridized carbons (Fsp3) is 0.316. The Morgan fingerprint density at radius 2 is 1.73 bits per heavy atom. The topological polar surface area (TPSA) is 29.5 Å². The van der Waals surface area contributed by atoms with Crippen molar-refractivity contribution in [1.82, 2.24) is 4.90 Å². The number of ether oxygens (including phenoxy) is 1. The molecule has 0 radical (unpaired) electrons. The predicted octanol–water partition coefficient (Wildman–Crippen LogP) is 3.89. The molecular weight excluding hydrogens is 274 g/mol. The van der Waals surface area contributed by atoms with Crippen LogP contribution in [0, 0.1) is 0 Å². The maximum Gasteiger partial charge on any atom is 0.253 e. The highest BCUT2D eigenvalue weighted by Crippen LogP contribution is 2.18. The molecule has 0 aliphatic carbocycles. The van der Waals surface area contributed by atoms with Crippen LogP contribution in [0.25, 0.3) is 0 Å². The summed E-state index contributed by atoms with van der Waals surface area (Å²) in [5.74, 6) is 0.858. The summed E-state index contributed by atoms with van der Waals surface area (Å²) in [6.07, 6.45) is 3.44. The second kappa shape index (κ2) is 7.12. The molecule has 1 saturated heterocycles. The van der Waals surface area contributed by atoms with Gasteiger partial charge in [-0.25, -0.2) is 0 Å². The van der Waals surface area contributed by atoms with Gasteiger partial charge in [-0.05, 0) is 43.0 Å². The van der Waals surface area contributed by atoms with Gasteiger partial charge in [-0.1, -0.05) is 36.4 Å². The summed E-state index contributed by atoms with van der Waals surface area (Å²) in [5.41, 5.74) is 1.84. The van der Waals surface area contributed by atoms with Crippen molar-refractivity contribution in [3.8, 4) is 5.75 Å². The highest BCUT2D eigenvalue weighted by atomic mass is 16.5. The van der Waals surface area contributed by atoms with Crippen molar-refractivity contribution in [2.75, 3.05) is 13.1 Å².